The summed E-state index contributed by atoms with van der Waals surface area (Å²) < 4.78 is 16.5. The number of methoxy groups -OCH3 is 2. The molecular formula is C22H23N5O3. The minimum atomic E-state index is -0.0751. The molecule has 0 spiro atoms. The Labute approximate surface area is 173 Å². The number of aromatic nitrogens is 3. The number of benzene rings is 1. The molecule has 0 radical (unpaired) electrons. The van der Waals surface area contributed by atoms with Gasteiger partial charge in [-0.25, -0.2) is 4.98 Å². The Morgan fingerprint density at radius 3 is 2.43 bits per heavy atom. The van der Waals surface area contributed by atoms with Crippen LogP contribution in [0.1, 0.15) is 6.92 Å². The molecule has 8 heteroatoms. The summed E-state index contributed by atoms with van der Waals surface area (Å²) in [7, 11) is 3.20. The predicted molar refractivity (Wildman–Crippen MR) is 117 cm³/mol. The fourth-order valence-corrected chi connectivity index (χ4v) is 3.27. The Hall–Kier alpha value is -3.65. The Morgan fingerprint density at radius 1 is 0.933 bits per heavy atom. The van der Waals surface area contributed by atoms with Crippen molar-refractivity contribution in [3.63, 3.8) is 0 Å². The molecule has 0 saturated heterocycles. The van der Waals surface area contributed by atoms with Crippen LogP contribution in [0, 0.1) is 0 Å². The maximum atomic E-state index is 6.27. The fourth-order valence-electron chi connectivity index (χ4n) is 3.27. The van der Waals surface area contributed by atoms with Crippen LogP contribution in [0.2, 0.25) is 0 Å². The summed E-state index contributed by atoms with van der Waals surface area (Å²) in [6.07, 6.45) is 5.09. The first-order valence-corrected chi connectivity index (χ1v) is 9.45. The van der Waals surface area contributed by atoms with Crippen molar-refractivity contribution in [2.75, 3.05) is 26.6 Å². The van der Waals surface area contributed by atoms with Gasteiger partial charge in [-0.1, -0.05) is 0 Å². The van der Waals surface area contributed by atoms with Crippen LogP contribution in [0.5, 0.6) is 17.2 Å². The second kappa shape index (κ2) is 8.00. The molecule has 0 aliphatic rings. The van der Waals surface area contributed by atoms with Crippen molar-refractivity contribution >= 4 is 27.5 Å². The van der Waals surface area contributed by atoms with E-state index in [0.717, 1.165) is 27.2 Å². The zero-order valence-corrected chi connectivity index (χ0v) is 17.0. The Kier molecular flexibility index (Phi) is 5.24. The van der Waals surface area contributed by atoms with E-state index in [0.29, 0.717) is 35.4 Å². The quantitative estimate of drug-likeness (QED) is 0.470. The van der Waals surface area contributed by atoms with E-state index in [9.17, 15) is 0 Å². The van der Waals surface area contributed by atoms with Gasteiger partial charge < -0.3 is 25.7 Å². The summed E-state index contributed by atoms with van der Waals surface area (Å²) in [5.41, 5.74) is 14.3. The van der Waals surface area contributed by atoms with Gasteiger partial charge in [0.1, 0.15) is 18.2 Å². The monoisotopic (exact) mass is 405 g/mol. The highest BCUT2D eigenvalue weighted by Crippen LogP contribution is 2.37. The molecule has 8 nitrogen and oxygen atoms in total. The van der Waals surface area contributed by atoms with Gasteiger partial charge >= 0.3 is 0 Å². The number of fused-ring (bicyclic) bond motifs is 3. The van der Waals surface area contributed by atoms with Gasteiger partial charge in [0.25, 0.3) is 0 Å². The van der Waals surface area contributed by atoms with Crippen molar-refractivity contribution in [2.24, 2.45) is 5.73 Å². The molecule has 4 aromatic rings. The maximum Gasteiger partial charge on any atom is 0.162 e. The average Bonchev–Trinajstić information content (AvgIpc) is 2.76. The summed E-state index contributed by atoms with van der Waals surface area (Å²) in [6, 6.07) is 7.50. The summed E-state index contributed by atoms with van der Waals surface area (Å²) in [5, 5.41) is 2.55. The number of anilines is 1. The van der Waals surface area contributed by atoms with Crippen molar-refractivity contribution in [1.82, 2.24) is 15.0 Å². The zero-order valence-electron chi connectivity index (χ0n) is 17.0. The topological polar surface area (TPSA) is 118 Å². The van der Waals surface area contributed by atoms with Crippen LogP contribution in [-0.4, -0.2) is 41.8 Å². The zero-order chi connectivity index (χ0) is 21.3. The first-order chi connectivity index (χ1) is 14.5. The summed E-state index contributed by atoms with van der Waals surface area (Å²) in [5.74, 6) is 2.23. The number of nitrogens with two attached hydrogens (primary N) is 2. The van der Waals surface area contributed by atoms with E-state index in [1.165, 1.54) is 0 Å². The highest BCUT2D eigenvalue weighted by Gasteiger charge is 2.14. The molecule has 0 bridgehead atoms. The van der Waals surface area contributed by atoms with E-state index in [1.54, 1.807) is 32.8 Å². The van der Waals surface area contributed by atoms with E-state index < -0.39 is 0 Å². The molecule has 1 atom stereocenters. The molecule has 0 fully saturated rings. The molecule has 3 heterocycles. The number of hydrogen-bond acceptors (Lipinski definition) is 8. The minimum Gasteiger partial charge on any atom is -0.493 e. The molecule has 0 aliphatic heterocycles. The maximum absolute atomic E-state index is 6.27. The molecule has 30 heavy (non-hydrogen) atoms. The summed E-state index contributed by atoms with van der Waals surface area (Å²) in [4.78, 5) is 13.3. The highest BCUT2D eigenvalue weighted by atomic mass is 16.5. The van der Waals surface area contributed by atoms with Crippen LogP contribution in [0.3, 0.4) is 0 Å². The molecule has 1 aromatic carbocycles. The lowest BCUT2D eigenvalue weighted by Gasteiger charge is -2.13. The van der Waals surface area contributed by atoms with Crippen molar-refractivity contribution in [3.8, 4) is 28.5 Å². The molecule has 1 unspecified atom stereocenters. The van der Waals surface area contributed by atoms with Crippen molar-refractivity contribution < 1.29 is 14.2 Å². The fraction of sp³-hybridized carbons (Fsp3) is 0.227. The third-order valence-electron chi connectivity index (χ3n) is 4.73. The standard InChI is InChI=1S/C22H23N5O3/c1-12(23)11-30-14-4-13(8-25-9-14)18-5-15-16-6-20(28-2)21(29-3)7-19(16)26-10-17(15)22(24)27-18/h4-10,12H,11,23H2,1-3H3,(H2,24,27). The minimum absolute atomic E-state index is 0.0751. The van der Waals surface area contributed by atoms with Gasteiger partial charge in [-0.05, 0) is 30.5 Å². The summed E-state index contributed by atoms with van der Waals surface area (Å²) >= 11 is 0. The van der Waals surface area contributed by atoms with E-state index in [1.807, 2.05) is 31.2 Å². The van der Waals surface area contributed by atoms with Crippen LogP contribution in [0.4, 0.5) is 5.82 Å². The van der Waals surface area contributed by atoms with Gasteiger partial charge in [0.15, 0.2) is 11.5 Å². The van der Waals surface area contributed by atoms with Crippen molar-refractivity contribution in [1.29, 1.82) is 0 Å². The van der Waals surface area contributed by atoms with E-state index >= 15 is 0 Å². The van der Waals surface area contributed by atoms with Crippen molar-refractivity contribution in [3.05, 3.63) is 42.9 Å². The third-order valence-corrected chi connectivity index (χ3v) is 4.73. The van der Waals surface area contributed by atoms with Gasteiger partial charge in [0.05, 0.1) is 31.6 Å². The van der Waals surface area contributed by atoms with E-state index in [2.05, 4.69) is 15.0 Å². The second-order valence-corrected chi connectivity index (χ2v) is 7.03. The molecule has 4 rings (SSSR count). The van der Waals surface area contributed by atoms with Gasteiger partial charge in [-0.2, -0.15) is 0 Å². The first-order valence-electron chi connectivity index (χ1n) is 9.45. The predicted octanol–water partition coefficient (Wildman–Crippen LogP) is 3.17. The first kappa shape index (κ1) is 19.7. The average molecular weight is 405 g/mol. The molecule has 0 amide bonds. The summed E-state index contributed by atoms with van der Waals surface area (Å²) in [6.45, 7) is 2.28. The lowest BCUT2D eigenvalue weighted by atomic mass is 10.0. The molecule has 0 aliphatic carbocycles. The number of nitrogen functional groups attached to an aromatic ring is 1. The molecule has 154 valence electrons. The number of rotatable bonds is 6. The number of ether oxygens (including phenoxy) is 3. The van der Waals surface area contributed by atoms with Gasteiger partial charge in [0, 0.05) is 40.8 Å². The molecule has 3 aromatic heterocycles. The number of nitrogens with zero attached hydrogens (tertiary/aromatic N) is 3. The number of hydrogen-bond donors (Lipinski definition) is 2. The van der Waals surface area contributed by atoms with Crippen LogP contribution in [0.25, 0.3) is 32.9 Å². The van der Waals surface area contributed by atoms with Crippen LogP contribution in [-0.2, 0) is 0 Å². The second-order valence-electron chi connectivity index (χ2n) is 7.03. The van der Waals surface area contributed by atoms with Gasteiger partial charge in [-0.3, -0.25) is 9.97 Å². The van der Waals surface area contributed by atoms with Gasteiger partial charge in [0.2, 0.25) is 0 Å². The Balaban J connectivity index is 1.88. The normalized spacial score (nSPS) is 12.1. The lowest BCUT2D eigenvalue weighted by Crippen LogP contribution is -2.23. The Bertz CT molecular complexity index is 1230. The van der Waals surface area contributed by atoms with E-state index in [-0.39, 0.29) is 6.04 Å². The van der Waals surface area contributed by atoms with Crippen LogP contribution < -0.4 is 25.7 Å². The van der Waals surface area contributed by atoms with Crippen molar-refractivity contribution in [2.45, 2.75) is 13.0 Å². The number of pyridine rings is 3. The molecule has 0 saturated carbocycles. The largest absolute Gasteiger partial charge is 0.493 e. The highest BCUT2D eigenvalue weighted by molar-refractivity contribution is 6.10. The van der Waals surface area contributed by atoms with Gasteiger partial charge in [-0.15, -0.1) is 0 Å². The lowest BCUT2D eigenvalue weighted by molar-refractivity contribution is 0.295. The van der Waals surface area contributed by atoms with Crippen LogP contribution in [0.15, 0.2) is 42.9 Å². The SMILES string of the molecule is COc1cc2ncc3c(N)nc(-c4cncc(OCC(C)N)c4)cc3c2cc1OC. The smallest absolute Gasteiger partial charge is 0.162 e. The molecular weight excluding hydrogens is 382 g/mol. The Morgan fingerprint density at radius 2 is 1.70 bits per heavy atom. The van der Waals surface area contributed by atoms with E-state index in [4.69, 9.17) is 25.7 Å². The molecule has 4 N–H and O–H groups in total. The third kappa shape index (κ3) is 3.65. The van der Waals surface area contributed by atoms with Crippen LogP contribution >= 0.6 is 0 Å².